The normalized spacial score (nSPS) is 16.7. The fraction of sp³-hybridized carbons (Fsp3) is 0.684. The highest BCUT2D eigenvalue weighted by molar-refractivity contribution is 9.10. The Balaban J connectivity index is 1.44. The predicted octanol–water partition coefficient (Wildman–Crippen LogP) is 6.15. The van der Waals surface area contributed by atoms with Crippen molar-refractivity contribution in [3.8, 4) is 0 Å². The molecule has 1 fully saturated rings. The van der Waals surface area contributed by atoms with Gasteiger partial charge in [-0.15, -0.1) is 0 Å². The third-order valence-electron chi connectivity index (χ3n) is 4.90. The molecule has 0 unspecified atom stereocenters. The molecule has 0 saturated carbocycles. The molecule has 1 aliphatic heterocycles. The lowest BCUT2D eigenvalue weighted by molar-refractivity contribution is -0.120. The Morgan fingerprint density at radius 3 is 2.14 bits per heavy atom. The zero-order valence-corrected chi connectivity index (χ0v) is 15.0. The molecule has 1 aromatic carbocycles. The van der Waals surface area contributed by atoms with E-state index in [4.69, 9.17) is 4.74 Å². The van der Waals surface area contributed by atoms with Gasteiger partial charge in [0.05, 0.1) is 13.2 Å². The van der Waals surface area contributed by atoms with Gasteiger partial charge in [0.2, 0.25) is 0 Å². The predicted molar refractivity (Wildman–Crippen MR) is 93.7 cm³/mol. The number of aryl methyl sites for hydroxylation is 1. The van der Waals surface area contributed by atoms with E-state index in [0.717, 1.165) is 13.2 Å². The van der Waals surface area contributed by atoms with Crippen molar-refractivity contribution in [2.45, 2.75) is 64.7 Å². The highest BCUT2D eigenvalue weighted by Gasteiger charge is 2.35. The highest BCUT2D eigenvalue weighted by Crippen LogP contribution is 2.36. The van der Waals surface area contributed by atoms with Crippen LogP contribution < -0.4 is 0 Å². The number of halogens is 1. The molecule has 0 aliphatic carbocycles. The highest BCUT2D eigenvalue weighted by atomic mass is 79.9. The molecule has 118 valence electrons. The van der Waals surface area contributed by atoms with Gasteiger partial charge in [-0.3, -0.25) is 0 Å². The van der Waals surface area contributed by atoms with Gasteiger partial charge in [0.1, 0.15) is 0 Å². The zero-order chi connectivity index (χ0) is 15.0. The SMILES string of the molecule is CCC1(CCCCCCCCc2ccc(Br)cc2)COC1. The molecule has 0 radical (unpaired) electrons. The Hall–Kier alpha value is -0.340. The molecule has 0 amide bonds. The van der Waals surface area contributed by atoms with Gasteiger partial charge in [-0.2, -0.15) is 0 Å². The first-order chi connectivity index (χ1) is 10.2. The molecule has 1 nitrogen and oxygen atoms in total. The minimum atomic E-state index is 0.557. The Morgan fingerprint density at radius 1 is 0.952 bits per heavy atom. The molecule has 0 N–H and O–H groups in total. The van der Waals surface area contributed by atoms with Crippen LogP contribution in [0.5, 0.6) is 0 Å². The lowest BCUT2D eigenvalue weighted by Gasteiger charge is -2.41. The van der Waals surface area contributed by atoms with Crippen molar-refractivity contribution >= 4 is 15.9 Å². The Kier molecular flexibility index (Phi) is 7.25. The van der Waals surface area contributed by atoms with Crippen molar-refractivity contribution in [3.63, 3.8) is 0 Å². The van der Waals surface area contributed by atoms with Crippen LogP contribution in [-0.2, 0) is 11.2 Å². The van der Waals surface area contributed by atoms with Crippen molar-refractivity contribution in [2.24, 2.45) is 5.41 Å². The number of rotatable bonds is 10. The van der Waals surface area contributed by atoms with E-state index in [1.165, 1.54) is 67.8 Å². The van der Waals surface area contributed by atoms with Crippen LogP contribution in [0.25, 0.3) is 0 Å². The van der Waals surface area contributed by atoms with Gasteiger partial charge in [-0.25, -0.2) is 0 Å². The molecule has 0 aromatic heterocycles. The zero-order valence-electron chi connectivity index (χ0n) is 13.4. The Bertz CT molecular complexity index is 389. The second kappa shape index (κ2) is 8.95. The molecule has 0 atom stereocenters. The molecule has 2 rings (SSSR count). The van der Waals surface area contributed by atoms with E-state index in [-0.39, 0.29) is 0 Å². The molecule has 2 heteroatoms. The van der Waals surface area contributed by atoms with Crippen LogP contribution in [0.15, 0.2) is 28.7 Å². The third-order valence-corrected chi connectivity index (χ3v) is 5.43. The van der Waals surface area contributed by atoms with Gasteiger partial charge < -0.3 is 4.74 Å². The van der Waals surface area contributed by atoms with Gasteiger partial charge in [0, 0.05) is 9.89 Å². The summed E-state index contributed by atoms with van der Waals surface area (Å²) >= 11 is 3.48. The molecule has 1 saturated heterocycles. The lowest BCUT2D eigenvalue weighted by atomic mass is 9.78. The van der Waals surface area contributed by atoms with Crippen LogP contribution in [0.2, 0.25) is 0 Å². The average Bonchev–Trinajstić information content (AvgIpc) is 2.46. The summed E-state index contributed by atoms with van der Waals surface area (Å²) < 4.78 is 6.56. The van der Waals surface area contributed by atoms with Crippen LogP contribution in [-0.4, -0.2) is 13.2 Å². The van der Waals surface area contributed by atoms with E-state index in [1.807, 2.05) is 0 Å². The maximum Gasteiger partial charge on any atom is 0.0544 e. The van der Waals surface area contributed by atoms with Gasteiger partial charge in [-0.1, -0.05) is 67.1 Å². The first kappa shape index (κ1) is 17.0. The summed E-state index contributed by atoms with van der Waals surface area (Å²) in [6.45, 7) is 4.33. The van der Waals surface area contributed by atoms with E-state index in [1.54, 1.807) is 0 Å². The van der Waals surface area contributed by atoms with Crippen LogP contribution in [0.4, 0.5) is 0 Å². The number of ether oxygens (including phenoxy) is 1. The minimum absolute atomic E-state index is 0.557. The van der Waals surface area contributed by atoms with E-state index in [2.05, 4.69) is 47.1 Å². The van der Waals surface area contributed by atoms with E-state index >= 15 is 0 Å². The molecule has 1 aliphatic rings. The van der Waals surface area contributed by atoms with Gasteiger partial charge >= 0.3 is 0 Å². The molecule has 1 aromatic rings. The number of benzene rings is 1. The van der Waals surface area contributed by atoms with Crippen molar-refractivity contribution in [2.75, 3.05) is 13.2 Å². The van der Waals surface area contributed by atoms with Crippen molar-refractivity contribution in [1.82, 2.24) is 0 Å². The summed E-state index contributed by atoms with van der Waals surface area (Å²) in [6.07, 6.45) is 12.2. The molecule has 0 spiro atoms. The van der Waals surface area contributed by atoms with Crippen LogP contribution in [0.1, 0.15) is 63.9 Å². The van der Waals surface area contributed by atoms with E-state index in [0.29, 0.717) is 5.41 Å². The third kappa shape index (κ3) is 5.75. The maximum atomic E-state index is 5.39. The van der Waals surface area contributed by atoms with Gasteiger partial charge in [0.15, 0.2) is 0 Å². The number of hydrogen-bond donors (Lipinski definition) is 0. The molecular formula is C19H29BrO. The van der Waals surface area contributed by atoms with Crippen LogP contribution in [0.3, 0.4) is 0 Å². The second-order valence-electron chi connectivity index (χ2n) is 6.59. The smallest absolute Gasteiger partial charge is 0.0544 e. The Labute approximate surface area is 138 Å². The van der Waals surface area contributed by atoms with Crippen molar-refractivity contribution in [1.29, 1.82) is 0 Å². The minimum Gasteiger partial charge on any atom is -0.380 e. The Morgan fingerprint density at radius 2 is 1.57 bits per heavy atom. The van der Waals surface area contributed by atoms with Gasteiger partial charge in [0.25, 0.3) is 0 Å². The quantitative estimate of drug-likeness (QED) is 0.459. The lowest BCUT2D eigenvalue weighted by Crippen LogP contribution is -2.41. The van der Waals surface area contributed by atoms with E-state index < -0.39 is 0 Å². The summed E-state index contributed by atoms with van der Waals surface area (Å²) in [5.41, 5.74) is 2.02. The monoisotopic (exact) mass is 352 g/mol. The molecule has 21 heavy (non-hydrogen) atoms. The summed E-state index contributed by atoms with van der Waals surface area (Å²) in [5.74, 6) is 0. The molecule has 1 heterocycles. The summed E-state index contributed by atoms with van der Waals surface area (Å²) in [5, 5.41) is 0. The fourth-order valence-electron chi connectivity index (χ4n) is 3.10. The second-order valence-corrected chi connectivity index (χ2v) is 7.51. The van der Waals surface area contributed by atoms with Crippen LogP contribution in [0, 0.1) is 5.41 Å². The van der Waals surface area contributed by atoms with Gasteiger partial charge in [-0.05, 0) is 43.4 Å². The number of hydrogen-bond acceptors (Lipinski definition) is 1. The fourth-order valence-corrected chi connectivity index (χ4v) is 3.37. The van der Waals surface area contributed by atoms with Crippen molar-refractivity contribution < 1.29 is 4.74 Å². The first-order valence-corrected chi connectivity index (χ1v) is 9.36. The summed E-state index contributed by atoms with van der Waals surface area (Å²) in [6, 6.07) is 8.75. The topological polar surface area (TPSA) is 9.23 Å². The first-order valence-electron chi connectivity index (χ1n) is 8.56. The standard InChI is InChI=1S/C19H29BrO/c1-2-19(15-21-16-19)14-8-6-4-3-5-7-9-17-10-12-18(20)13-11-17/h10-13H,2-9,14-16H2,1H3. The largest absolute Gasteiger partial charge is 0.380 e. The van der Waals surface area contributed by atoms with Crippen LogP contribution >= 0.6 is 15.9 Å². The van der Waals surface area contributed by atoms with E-state index in [9.17, 15) is 0 Å². The average molecular weight is 353 g/mol. The van der Waals surface area contributed by atoms with Crippen molar-refractivity contribution in [3.05, 3.63) is 34.3 Å². The molecular weight excluding hydrogens is 324 g/mol. The molecule has 0 bridgehead atoms. The summed E-state index contributed by atoms with van der Waals surface area (Å²) in [4.78, 5) is 0. The summed E-state index contributed by atoms with van der Waals surface area (Å²) in [7, 11) is 0. The maximum absolute atomic E-state index is 5.39. The number of unbranched alkanes of at least 4 members (excludes halogenated alkanes) is 5.